The smallest absolute Gasteiger partial charge is 0.257 e. The zero-order valence-electron chi connectivity index (χ0n) is 15.1. The van der Waals surface area contributed by atoms with Crippen molar-refractivity contribution in [3.05, 3.63) is 59.7 Å². The van der Waals surface area contributed by atoms with E-state index < -0.39 is 11.0 Å². The molecular weight excluding hydrogens is 380 g/mol. The van der Waals surface area contributed by atoms with Gasteiger partial charge in [-0.05, 0) is 36.4 Å². The van der Waals surface area contributed by atoms with Gasteiger partial charge in [0.25, 0.3) is 5.91 Å². The fraction of sp³-hybridized carbons (Fsp3) is 0.211. The molecule has 0 fully saturated rings. The molecule has 1 N–H and O–H groups in total. The Balaban J connectivity index is 1.68. The molecule has 1 amide bonds. The largest absolute Gasteiger partial charge is 0.298 e. The number of benzene rings is 1. The topological polar surface area (TPSA) is 75.2 Å². The summed E-state index contributed by atoms with van der Waals surface area (Å²) in [5.41, 5.74) is 2.24. The molecule has 0 radical (unpaired) electrons. The third-order valence-electron chi connectivity index (χ3n) is 3.96. The molecule has 0 spiro atoms. The summed E-state index contributed by atoms with van der Waals surface area (Å²) in [5, 5.41) is 5.23. The van der Waals surface area contributed by atoms with Crippen molar-refractivity contribution < 1.29 is 9.00 Å². The molecule has 0 aliphatic carbocycles. The zero-order chi connectivity index (χ0) is 19.2. The summed E-state index contributed by atoms with van der Waals surface area (Å²) >= 11 is 1.37. The van der Waals surface area contributed by atoms with Crippen LogP contribution in [0, 0.1) is 0 Å². The van der Waals surface area contributed by atoms with E-state index in [0.717, 1.165) is 11.3 Å². The van der Waals surface area contributed by atoms with Crippen LogP contribution in [0.15, 0.2) is 59.1 Å². The maximum atomic E-state index is 12.4. The van der Waals surface area contributed by atoms with Gasteiger partial charge in [-0.2, -0.15) is 0 Å². The molecule has 2 aromatic heterocycles. The first-order chi connectivity index (χ1) is 13.1. The molecule has 27 heavy (non-hydrogen) atoms. The lowest BCUT2D eigenvalue weighted by molar-refractivity contribution is 0.102. The van der Waals surface area contributed by atoms with Crippen LogP contribution in [0.3, 0.4) is 0 Å². The number of carbonyl (C=O) groups excluding carboxylic acids is 1. The number of thiazole rings is 1. The predicted molar refractivity (Wildman–Crippen MR) is 109 cm³/mol. The van der Waals surface area contributed by atoms with Gasteiger partial charge in [0, 0.05) is 42.0 Å². The number of rotatable bonds is 7. The minimum absolute atomic E-state index is 0.245. The summed E-state index contributed by atoms with van der Waals surface area (Å²) in [6, 6.07) is 10.6. The maximum Gasteiger partial charge on any atom is 0.257 e. The predicted octanol–water partition coefficient (Wildman–Crippen LogP) is 3.82. The number of pyridine rings is 1. The van der Waals surface area contributed by atoms with Crippen molar-refractivity contribution in [3.63, 3.8) is 0 Å². The third-order valence-corrected chi connectivity index (χ3v) is 6.38. The summed E-state index contributed by atoms with van der Waals surface area (Å²) in [6.45, 7) is 5.35. The minimum Gasteiger partial charge on any atom is -0.298 e. The number of carbonyl (C=O) groups is 1. The molecule has 0 bridgehead atoms. The second-order valence-electron chi connectivity index (χ2n) is 5.62. The Hall–Kier alpha value is -2.42. The van der Waals surface area contributed by atoms with Crippen molar-refractivity contribution >= 4 is 33.4 Å². The van der Waals surface area contributed by atoms with Crippen molar-refractivity contribution in [2.45, 2.75) is 18.7 Å². The van der Waals surface area contributed by atoms with Gasteiger partial charge in [-0.3, -0.25) is 15.1 Å². The highest BCUT2D eigenvalue weighted by molar-refractivity contribution is 7.82. The quantitative estimate of drug-likeness (QED) is 0.654. The van der Waals surface area contributed by atoms with Crippen LogP contribution in [0.4, 0.5) is 5.13 Å². The maximum absolute atomic E-state index is 12.4. The number of hydrogen-bond donors (Lipinski definition) is 1. The summed E-state index contributed by atoms with van der Waals surface area (Å²) in [6.07, 6.45) is 3.41. The van der Waals surface area contributed by atoms with E-state index in [-0.39, 0.29) is 5.91 Å². The van der Waals surface area contributed by atoms with E-state index in [1.165, 1.54) is 11.3 Å². The molecule has 1 atom stereocenters. The van der Waals surface area contributed by atoms with E-state index in [4.69, 9.17) is 0 Å². The van der Waals surface area contributed by atoms with Crippen LogP contribution >= 0.6 is 11.3 Å². The molecule has 0 aliphatic heterocycles. The summed E-state index contributed by atoms with van der Waals surface area (Å²) in [7, 11) is -1.21. The van der Waals surface area contributed by atoms with Gasteiger partial charge in [-0.1, -0.05) is 13.8 Å². The van der Waals surface area contributed by atoms with Gasteiger partial charge < -0.3 is 0 Å². The Morgan fingerprint density at radius 2 is 1.78 bits per heavy atom. The highest BCUT2D eigenvalue weighted by Gasteiger charge is 2.14. The lowest BCUT2D eigenvalue weighted by atomic mass is 10.2. The van der Waals surface area contributed by atoms with Gasteiger partial charge >= 0.3 is 0 Å². The Labute approximate surface area is 164 Å². The Morgan fingerprint density at radius 1 is 1.11 bits per heavy atom. The molecule has 3 rings (SSSR count). The molecule has 3 aromatic rings. The van der Waals surface area contributed by atoms with Gasteiger partial charge in [0.2, 0.25) is 0 Å². The van der Waals surface area contributed by atoms with Gasteiger partial charge in [0.15, 0.2) is 5.13 Å². The van der Waals surface area contributed by atoms with E-state index >= 15 is 0 Å². The average molecular weight is 401 g/mol. The van der Waals surface area contributed by atoms with Crippen LogP contribution in [0.2, 0.25) is 0 Å². The molecule has 0 aliphatic rings. The van der Waals surface area contributed by atoms with E-state index in [1.54, 1.807) is 36.7 Å². The number of hydrogen-bond acceptors (Lipinski definition) is 5. The van der Waals surface area contributed by atoms with Crippen molar-refractivity contribution in [3.8, 4) is 11.3 Å². The Morgan fingerprint density at radius 3 is 2.41 bits per heavy atom. The fourth-order valence-corrected chi connectivity index (χ4v) is 4.34. The number of anilines is 1. The van der Waals surface area contributed by atoms with Gasteiger partial charge in [0.1, 0.15) is 11.0 Å². The highest BCUT2D eigenvalue weighted by Crippen LogP contribution is 2.24. The molecule has 0 saturated heterocycles. The van der Waals surface area contributed by atoms with Gasteiger partial charge in [-0.15, -0.1) is 11.3 Å². The van der Waals surface area contributed by atoms with Crippen LogP contribution in [0.25, 0.3) is 11.3 Å². The standard InChI is InChI=1S/C19H20N4O2S2/c1-3-23(4-2)27(25)16-7-5-15(6-8-16)18(24)22-19-21-17(13-26-19)14-9-11-20-12-10-14/h5-13H,3-4H2,1-2H3,(H,21,22,24). The summed E-state index contributed by atoms with van der Waals surface area (Å²) < 4.78 is 14.3. The number of nitrogens with one attached hydrogen (secondary N) is 1. The SMILES string of the molecule is CCN(CC)S(=O)c1ccc(C(=O)Nc2nc(-c3ccncc3)cs2)cc1. The van der Waals surface area contributed by atoms with E-state index in [0.29, 0.717) is 28.7 Å². The van der Waals surface area contributed by atoms with Gasteiger partial charge in [-0.25, -0.2) is 13.5 Å². The van der Waals surface area contributed by atoms with Crippen LogP contribution in [0.1, 0.15) is 24.2 Å². The molecule has 1 unspecified atom stereocenters. The molecule has 8 heteroatoms. The average Bonchev–Trinajstić information content (AvgIpc) is 3.18. The number of amides is 1. The van der Waals surface area contributed by atoms with Crippen LogP contribution in [-0.4, -0.2) is 37.5 Å². The first-order valence-corrected chi connectivity index (χ1v) is 10.5. The van der Waals surface area contributed by atoms with E-state index in [9.17, 15) is 9.00 Å². The molecular formula is C19H20N4O2S2. The second-order valence-corrected chi connectivity index (χ2v) is 7.96. The molecule has 2 heterocycles. The lowest BCUT2D eigenvalue weighted by Gasteiger charge is -2.16. The highest BCUT2D eigenvalue weighted by atomic mass is 32.2. The first-order valence-electron chi connectivity index (χ1n) is 8.56. The first kappa shape index (κ1) is 19.3. The minimum atomic E-state index is -1.21. The van der Waals surface area contributed by atoms with Crippen LogP contribution in [0.5, 0.6) is 0 Å². The molecule has 1 aromatic carbocycles. The molecule has 140 valence electrons. The Bertz CT molecular complexity index is 922. The summed E-state index contributed by atoms with van der Waals surface area (Å²) in [5.74, 6) is -0.245. The fourth-order valence-electron chi connectivity index (χ4n) is 2.49. The molecule has 6 nitrogen and oxygen atoms in total. The van der Waals surface area contributed by atoms with Crippen LogP contribution < -0.4 is 5.32 Å². The van der Waals surface area contributed by atoms with E-state index in [2.05, 4.69) is 15.3 Å². The van der Waals surface area contributed by atoms with Crippen molar-refractivity contribution in [2.24, 2.45) is 0 Å². The van der Waals surface area contributed by atoms with E-state index in [1.807, 2.05) is 35.7 Å². The summed E-state index contributed by atoms with van der Waals surface area (Å²) in [4.78, 5) is 21.6. The second kappa shape index (κ2) is 8.98. The Kier molecular flexibility index (Phi) is 6.44. The monoisotopic (exact) mass is 400 g/mol. The third kappa shape index (κ3) is 4.65. The number of nitrogens with zero attached hydrogens (tertiary/aromatic N) is 3. The normalized spacial score (nSPS) is 12.1. The molecule has 0 saturated carbocycles. The van der Waals surface area contributed by atoms with Crippen molar-refractivity contribution in [1.82, 2.24) is 14.3 Å². The van der Waals surface area contributed by atoms with Crippen LogP contribution in [-0.2, 0) is 11.0 Å². The van der Waals surface area contributed by atoms with Crippen molar-refractivity contribution in [2.75, 3.05) is 18.4 Å². The zero-order valence-corrected chi connectivity index (χ0v) is 16.7. The number of aromatic nitrogens is 2. The lowest BCUT2D eigenvalue weighted by Crippen LogP contribution is -2.25. The van der Waals surface area contributed by atoms with Crippen molar-refractivity contribution in [1.29, 1.82) is 0 Å². The van der Waals surface area contributed by atoms with Gasteiger partial charge in [0.05, 0.1) is 10.6 Å².